The summed E-state index contributed by atoms with van der Waals surface area (Å²) in [4.78, 5) is 0. The van der Waals surface area contributed by atoms with Gasteiger partial charge in [0.15, 0.2) is 0 Å². The summed E-state index contributed by atoms with van der Waals surface area (Å²) in [6.45, 7) is 2.76. The summed E-state index contributed by atoms with van der Waals surface area (Å²) in [5.74, 6) is 2.78. The Morgan fingerprint density at radius 1 is 0.742 bits per heavy atom. The van der Waals surface area contributed by atoms with E-state index in [9.17, 15) is 0 Å². The quantitative estimate of drug-likeness (QED) is 0.352. The molecule has 0 radical (unpaired) electrons. The zero-order valence-corrected chi connectivity index (χ0v) is 18.7. The van der Waals surface area contributed by atoms with Gasteiger partial charge in [0.1, 0.15) is 17.2 Å². The molecule has 0 unspecified atom stereocenters. The molecule has 4 rings (SSSR count). The molecule has 1 saturated carbocycles. The van der Waals surface area contributed by atoms with Crippen molar-refractivity contribution < 1.29 is 9.47 Å². The maximum absolute atomic E-state index is 6.02. The fourth-order valence-corrected chi connectivity index (χ4v) is 5.00. The molecule has 0 spiro atoms. The number of hydrogen-bond donors (Lipinski definition) is 0. The molecular formula is C29H34O2. The lowest BCUT2D eigenvalue weighted by Crippen LogP contribution is -2.29. The van der Waals surface area contributed by atoms with Gasteiger partial charge in [-0.3, -0.25) is 0 Å². The third-order valence-corrected chi connectivity index (χ3v) is 6.59. The van der Waals surface area contributed by atoms with Crippen LogP contribution in [-0.2, 0) is 11.8 Å². The van der Waals surface area contributed by atoms with E-state index in [1.807, 2.05) is 43.3 Å². The zero-order valence-electron chi connectivity index (χ0n) is 18.7. The molecule has 0 saturated heterocycles. The van der Waals surface area contributed by atoms with Crippen LogP contribution in [0.15, 0.2) is 78.9 Å². The van der Waals surface area contributed by atoms with Gasteiger partial charge < -0.3 is 9.47 Å². The molecule has 2 nitrogen and oxygen atoms in total. The first-order valence-electron chi connectivity index (χ1n) is 11.8. The van der Waals surface area contributed by atoms with Crippen LogP contribution in [0.2, 0.25) is 0 Å². The summed E-state index contributed by atoms with van der Waals surface area (Å²) < 4.78 is 11.7. The SMILES string of the molecule is CCOc1ccc(C2(CCCc3cccc(Oc4ccccc4)c3)CCCCC2)cc1. The van der Waals surface area contributed by atoms with Crippen LogP contribution in [0, 0.1) is 0 Å². The Morgan fingerprint density at radius 3 is 2.23 bits per heavy atom. The zero-order chi connectivity index (χ0) is 21.4. The van der Waals surface area contributed by atoms with E-state index in [1.54, 1.807) is 0 Å². The second-order valence-corrected chi connectivity index (χ2v) is 8.71. The van der Waals surface area contributed by atoms with Crippen molar-refractivity contribution in [3.8, 4) is 17.2 Å². The van der Waals surface area contributed by atoms with Crippen LogP contribution in [0.5, 0.6) is 17.2 Å². The Hall–Kier alpha value is -2.74. The molecule has 0 N–H and O–H groups in total. The molecule has 1 aliphatic carbocycles. The van der Waals surface area contributed by atoms with E-state index in [0.717, 1.165) is 30.3 Å². The highest BCUT2D eigenvalue weighted by Gasteiger charge is 2.33. The molecular weight excluding hydrogens is 380 g/mol. The number of ether oxygens (including phenoxy) is 2. The Balaban J connectivity index is 1.40. The minimum Gasteiger partial charge on any atom is -0.494 e. The minimum atomic E-state index is 0.321. The van der Waals surface area contributed by atoms with Crippen molar-refractivity contribution in [3.05, 3.63) is 90.0 Å². The topological polar surface area (TPSA) is 18.5 Å². The van der Waals surface area contributed by atoms with Crippen LogP contribution < -0.4 is 9.47 Å². The van der Waals surface area contributed by atoms with E-state index in [-0.39, 0.29) is 0 Å². The lowest BCUT2D eigenvalue weighted by molar-refractivity contribution is 0.268. The summed E-state index contributed by atoms with van der Waals surface area (Å²) in [6, 6.07) is 27.5. The van der Waals surface area contributed by atoms with E-state index < -0.39 is 0 Å². The second-order valence-electron chi connectivity index (χ2n) is 8.71. The molecule has 0 aliphatic heterocycles. The summed E-state index contributed by atoms with van der Waals surface area (Å²) >= 11 is 0. The normalized spacial score (nSPS) is 15.4. The summed E-state index contributed by atoms with van der Waals surface area (Å²) in [5.41, 5.74) is 3.17. The fraction of sp³-hybridized carbons (Fsp3) is 0.379. The smallest absolute Gasteiger partial charge is 0.127 e. The van der Waals surface area contributed by atoms with Gasteiger partial charge in [-0.1, -0.05) is 61.7 Å². The van der Waals surface area contributed by atoms with E-state index in [0.29, 0.717) is 5.41 Å². The highest BCUT2D eigenvalue weighted by atomic mass is 16.5. The molecule has 0 atom stereocenters. The van der Waals surface area contributed by atoms with Gasteiger partial charge in [-0.25, -0.2) is 0 Å². The largest absolute Gasteiger partial charge is 0.494 e. The molecule has 1 aliphatic rings. The molecule has 0 bridgehead atoms. The Kier molecular flexibility index (Phi) is 7.30. The first-order valence-corrected chi connectivity index (χ1v) is 11.8. The summed E-state index contributed by atoms with van der Waals surface area (Å²) in [6.07, 6.45) is 10.2. The van der Waals surface area contributed by atoms with Crippen molar-refractivity contribution >= 4 is 0 Å². The minimum absolute atomic E-state index is 0.321. The van der Waals surface area contributed by atoms with Crippen molar-refractivity contribution in [1.82, 2.24) is 0 Å². The van der Waals surface area contributed by atoms with E-state index in [1.165, 1.54) is 56.1 Å². The highest BCUT2D eigenvalue weighted by Crippen LogP contribution is 2.43. The van der Waals surface area contributed by atoms with E-state index in [2.05, 4.69) is 42.5 Å². The number of benzene rings is 3. The van der Waals surface area contributed by atoms with Gasteiger partial charge in [0.05, 0.1) is 6.61 Å². The average molecular weight is 415 g/mol. The van der Waals surface area contributed by atoms with Gasteiger partial charge in [-0.05, 0) is 92.0 Å². The monoisotopic (exact) mass is 414 g/mol. The van der Waals surface area contributed by atoms with Gasteiger partial charge in [0, 0.05) is 0 Å². The standard InChI is InChI=1S/C29H34O2/c1-2-30-26-18-16-25(17-19-26)29(20-7-4-8-21-29)22-10-12-24-11-9-15-28(23-24)31-27-13-5-3-6-14-27/h3,5-6,9,11,13-19,23H,2,4,7-8,10,12,20-22H2,1H3. The fourth-order valence-electron chi connectivity index (χ4n) is 5.00. The molecule has 3 aromatic carbocycles. The number of para-hydroxylation sites is 1. The number of aryl methyl sites for hydroxylation is 1. The van der Waals surface area contributed by atoms with Crippen LogP contribution in [0.25, 0.3) is 0 Å². The molecule has 0 amide bonds. The molecule has 1 fully saturated rings. The van der Waals surface area contributed by atoms with Crippen LogP contribution in [0.3, 0.4) is 0 Å². The Labute approximate surface area is 187 Å². The number of hydrogen-bond acceptors (Lipinski definition) is 2. The number of rotatable bonds is 9. The average Bonchev–Trinajstić information content (AvgIpc) is 2.81. The maximum Gasteiger partial charge on any atom is 0.127 e. The molecule has 162 valence electrons. The van der Waals surface area contributed by atoms with E-state index in [4.69, 9.17) is 9.47 Å². The Morgan fingerprint density at radius 2 is 1.48 bits per heavy atom. The van der Waals surface area contributed by atoms with Crippen molar-refractivity contribution in [1.29, 1.82) is 0 Å². The first-order chi connectivity index (χ1) is 15.3. The predicted octanol–water partition coefficient (Wildman–Crippen LogP) is 8.10. The van der Waals surface area contributed by atoms with Crippen LogP contribution >= 0.6 is 0 Å². The lowest BCUT2D eigenvalue weighted by Gasteiger charge is -2.38. The van der Waals surface area contributed by atoms with E-state index >= 15 is 0 Å². The van der Waals surface area contributed by atoms with Crippen molar-refractivity contribution in [2.75, 3.05) is 6.61 Å². The first kappa shape index (κ1) is 21.5. The molecule has 31 heavy (non-hydrogen) atoms. The molecule has 3 aromatic rings. The van der Waals surface area contributed by atoms with Gasteiger partial charge in [-0.15, -0.1) is 0 Å². The van der Waals surface area contributed by atoms with Crippen LogP contribution in [0.4, 0.5) is 0 Å². The van der Waals surface area contributed by atoms with Crippen LogP contribution in [-0.4, -0.2) is 6.61 Å². The van der Waals surface area contributed by atoms with Crippen molar-refractivity contribution in [3.63, 3.8) is 0 Å². The van der Waals surface area contributed by atoms with Crippen molar-refractivity contribution in [2.24, 2.45) is 0 Å². The van der Waals surface area contributed by atoms with Crippen LogP contribution in [0.1, 0.15) is 63.0 Å². The van der Waals surface area contributed by atoms with Crippen molar-refractivity contribution in [2.45, 2.75) is 63.7 Å². The molecule has 2 heteroatoms. The van der Waals surface area contributed by atoms with Gasteiger partial charge in [0.25, 0.3) is 0 Å². The highest BCUT2D eigenvalue weighted by molar-refractivity contribution is 5.35. The molecule has 0 heterocycles. The van der Waals surface area contributed by atoms with Gasteiger partial charge in [-0.2, -0.15) is 0 Å². The maximum atomic E-state index is 6.02. The second kappa shape index (κ2) is 10.5. The third-order valence-electron chi connectivity index (χ3n) is 6.59. The summed E-state index contributed by atoms with van der Waals surface area (Å²) in [5, 5.41) is 0. The summed E-state index contributed by atoms with van der Waals surface area (Å²) in [7, 11) is 0. The molecule has 0 aromatic heterocycles. The lowest BCUT2D eigenvalue weighted by atomic mass is 9.66. The third kappa shape index (κ3) is 5.70. The predicted molar refractivity (Wildman–Crippen MR) is 128 cm³/mol. The van der Waals surface area contributed by atoms with Gasteiger partial charge >= 0.3 is 0 Å². The Bertz CT molecular complexity index is 924. The van der Waals surface area contributed by atoms with Gasteiger partial charge in [0.2, 0.25) is 0 Å².